The van der Waals surface area contributed by atoms with E-state index in [0.717, 1.165) is 22.0 Å². The fourth-order valence-corrected chi connectivity index (χ4v) is 5.20. The number of pyridine rings is 1. The molecule has 3 aromatic carbocycles. The van der Waals surface area contributed by atoms with Crippen molar-refractivity contribution < 1.29 is 14.3 Å². The minimum atomic E-state index is -0.783. The largest absolute Gasteiger partial charge is 0.495 e. The lowest BCUT2D eigenvalue weighted by molar-refractivity contribution is -0.121. The summed E-state index contributed by atoms with van der Waals surface area (Å²) < 4.78 is 8.85. The summed E-state index contributed by atoms with van der Waals surface area (Å²) in [6.45, 7) is 1.46. The number of aromatic nitrogens is 3. The van der Waals surface area contributed by atoms with Crippen LogP contribution in [0.5, 0.6) is 5.75 Å². The number of fused-ring (bicyclic) bond motifs is 1. The Balaban J connectivity index is 1.58. The van der Waals surface area contributed by atoms with Gasteiger partial charge in [0.25, 0.3) is 5.56 Å². The molecule has 8 heteroatoms. The van der Waals surface area contributed by atoms with Gasteiger partial charge in [-0.3, -0.25) is 19.1 Å². The lowest BCUT2D eigenvalue weighted by Gasteiger charge is -2.21. The first-order valence-corrected chi connectivity index (χ1v) is 13.2. The summed E-state index contributed by atoms with van der Waals surface area (Å²) in [7, 11) is 3.34. The van der Waals surface area contributed by atoms with E-state index in [9.17, 15) is 14.4 Å². The van der Waals surface area contributed by atoms with E-state index in [-0.39, 0.29) is 23.5 Å². The molecular weight excluding hydrogens is 526 g/mol. The number of carbonyl (C=O) groups is 2. The van der Waals surface area contributed by atoms with Gasteiger partial charge >= 0.3 is 0 Å². The lowest BCUT2D eigenvalue weighted by Crippen LogP contribution is -2.32. The predicted octanol–water partition coefficient (Wildman–Crippen LogP) is 5.86. The second-order valence-electron chi connectivity index (χ2n) is 9.79. The molecule has 2 heterocycles. The number of nitrogens with zero attached hydrogens (tertiary/aromatic N) is 3. The number of benzene rings is 3. The monoisotopic (exact) mass is 553 g/mol. The summed E-state index contributed by atoms with van der Waals surface area (Å²) in [5, 5.41) is 5.77. The number of methoxy groups -OCH3 is 1. The highest BCUT2D eigenvalue weighted by Crippen LogP contribution is 2.34. The van der Waals surface area contributed by atoms with Gasteiger partial charge in [0.15, 0.2) is 11.6 Å². The van der Waals surface area contributed by atoms with Gasteiger partial charge in [-0.25, -0.2) is 0 Å². The first kappa shape index (κ1) is 27.1. The third-order valence-electron chi connectivity index (χ3n) is 6.96. The molecule has 202 valence electrons. The topological polar surface area (TPSA) is 83.2 Å². The molecule has 2 aromatic heterocycles. The average molecular weight is 554 g/mol. The maximum atomic E-state index is 13.9. The SMILES string of the molecule is COc1cn(C(Cc2ccccc2)C(=O)Cc2ccc3nn(C)cc3c2)c(=O)cc1-c1cc(Cl)ccc1C(C)=O. The van der Waals surface area contributed by atoms with Crippen molar-refractivity contribution in [3.8, 4) is 16.9 Å². The minimum Gasteiger partial charge on any atom is -0.495 e. The second kappa shape index (κ2) is 11.3. The van der Waals surface area contributed by atoms with E-state index in [1.54, 1.807) is 29.1 Å². The van der Waals surface area contributed by atoms with Crippen molar-refractivity contribution in [2.24, 2.45) is 7.05 Å². The van der Waals surface area contributed by atoms with Crippen LogP contribution in [0.1, 0.15) is 34.5 Å². The third kappa shape index (κ3) is 5.60. The van der Waals surface area contributed by atoms with Gasteiger partial charge in [0.1, 0.15) is 5.75 Å². The molecule has 0 aliphatic carbocycles. The van der Waals surface area contributed by atoms with E-state index in [1.165, 1.54) is 24.7 Å². The van der Waals surface area contributed by atoms with Gasteiger partial charge in [0.05, 0.1) is 24.9 Å². The van der Waals surface area contributed by atoms with E-state index in [4.69, 9.17) is 16.3 Å². The van der Waals surface area contributed by atoms with Crippen LogP contribution >= 0.6 is 11.6 Å². The zero-order valence-electron chi connectivity index (χ0n) is 22.4. The molecule has 1 unspecified atom stereocenters. The van der Waals surface area contributed by atoms with Crippen molar-refractivity contribution in [1.82, 2.24) is 14.3 Å². The zero-order chi connectivity index (χ0) is 28.4. The first-order chi connectivity index (χ1) is 19.2. The molecular formula is C32H28ClN3O4. The second-order valence-corrected chi connectivity index (χ2v) is 10.2. The number of hydrogen-bond donors (Lipinski definition) is 0. The molecule has 0 amide bonds. The third-order valence-corrected chi connectivity index (χ3v) is 7.19. The van der Waals surface area contributed by atoms with E-state index in [2.05, 4.69) is 5.10 Å². The normalized spacial score (nSPS) is 11.9. The van der Waals surface area contributed by atoms with Crippen molar-refractivity contribution in [2.45, 2.75) is 25.8 Å². The van der Waals surface area contributed by atoms with E-state index < -0.39 is 6.04 Å². The van der Waals surface area contributed by atoms with Crippen LogP contribution in [0.2, 0.25) is 5.02 Å². The van der Waals surface area contributed by atoms with Crippen LogP contribution < -0.4 is 10.3 Å². The quantitative estimate of drug-likeness (QED) is 0.213. The minimum absolute atomic E-state index is 0.115. The van der Waals surface area contributed by atoms with Gasteiger partial charge in [-0.1, -0.05) is 48.0 Å². The molecule has 0 fully saturated rings. The van der Waals surface area contributed by atoms with Crippen molar-refractivity contribution >= 4 is 34.1 Å². The summed E-state index contributed by atoms with van der Waals surface area (Å²) in [6, 6.07) is 20.9. The molecule has 5 aromatic rings. The highest BCUT2D eigenvalue weighted by atomic mass is 35.5. The summed E-state index contributed by atoms with van der Waals surface area (Å²) in [5.41, 5.74) is 3.57. The number of Topliss-reactive ketones (excluding diaryl/α,β-unsaturated/α-hetero) is 2. The molecule has 0 saturated heterocycles. The number of aryl methyl sites for hydroxylation is 1. The summed E-state index contributed by atoms with van der Waals surface area (Å²) >= 11 is 6.25. The van der Waals surface area contributed by atoms with E-state index >= 15 is 0 Å². The number of rotatable bonds is 9. The highest BCUT2D eigenvalue weighted by Gasteiger charge is 2.25. The number of halogens is 1. The summed E-state index contributed by atoms with van der Waals surface area (Å²) in [4.78, 5) is 39.9. The maximum Gasteiger partial charge on any atom is 0.252 e. The van der Waals surface area contributed by atoms with E-state index in [0.29, 0.717) is 33.9 Å². The lowest BCUT2D eigenvalue weighted by atomic mass is 9.95. The maximum absolute atomic E-state index is 13.9. The first-order valence-electron chi connectivity index (χ1n) is 12.8. The number of ether oxygens (including phenoxy) is 1. The zero-order valence-corrected chi connectivity index (χ0v) is 23.2. The average Bonchev–Trinajstić information content (AvgIpc) is 3.31. The van der Waals surface area contributed by atoms with Crippen molar-refractivity contribution in [3.63, 3.8) is 0 Å². The molecule has 0 bridgehead atoms. The Morgan fingerprint density at radius 3 is 2.45 bits per heavy atom. The fourth-order valence-electron chi connectivity index (χ4n) is 5.02. The Bertz CT molecular complexity index is 1790. The Hall–Kier alpha value is -4.49. The van der Waals surface area contributed by atoms with Crippen LogP contribution in [0.3, 0.4) is 0 Å². The molecule has 7 nitrogen and oxygen atoms in total. The van der Waals surface area contributed by atoms with Crippen molar-refractivity contribution in [3.05, 3.63) is 117 Å². The Morgan fingerprint density at radius 2 is 1.73 bits per heavy atom. The molecule has 0 saturated carbocycles. The highest BCUT2D eigenvalue weighted by molar-refractivity contribution is 6.31. The van der Waals surface area contributed by atoms with Gasteiger partial charge in [-0.15, -0.1) is 0 Å². The number of carbonyl (C=O) groups excluding carboxylic acids is 2. The molecule has 40 heavy (non-hydrogen) atoms. The van der Waals surface area contributed by atoms with Crippen LogP contribution in [-0.4, -0.2) is 33.0 Å². The van der Waals surface area contributed by atoms with Crippen LogP contribution in [-0.2, 0) is 24.7 Å². The fraction of sp³-hybridized carbons (Fsp3) is 0.188. The smallest absolute Gasteiger partial charge is 0.252 e. The van der Waals surface area contributed by atoms with Crippen LogP contribution in [0.25, 0.3) is 22.0 Å². The predicted molar refractivity (Wildman–Crippen MR) is 156 cm³/mol. The standard InChI is InChI=1S/C32H28ClN3O4/c1-20(37)25-11-10-24(33)16-26(25)27-17-32(39)36(19-31(27)40-3)29(14-21-7-5-4-6-8-21)30(38)15-22-9-12-28-23(13-22)18-35(2)34-28/h4-13,16-19,29H,14-15H2,1-3H3. The van der Waals surface area contributed by atoms with Crippen molar-refractivity contribution in [2.75, 3.05) is 7.11 Å². The molecule has 0 aliphatic rings. The Labute approximate surface area is 236 Å². The number of hydrogen-bond acceptors (Lipinski definition) is 5. The van der Waals surface area contributed by atoms with Crippen LogP contribution in [0.15, 0.2) is 90.0 Å². The molecule has 0 radical (unpaired) electrons. The molecule has 0 N–H and O–H groups in total. The number of ketones is 2. The van der Waals surface area contributed by atoms with Crippen LogP contribution in [0.4, 0.5) is 0 Å². The summed E-state index contributed by atoms with van der Waals surface area (Å²) in [6.07, 6.45) is 3.93. The molecule has 1 atom stereocenters. The van der Waals surface area contributed by atoms with Gasteiger partial charge < -0.3 is 9.30 Å². The Morgan fingerprint density at radius 1 is 0.950 bits per heavy atom. The van der Waals surface area contributed by atoms with Crippen molar-refractivity contribution in [1.29, 1.82) is 0 Å². The molecule has 0 spiro atoms. The Kier molecular flexibility index (Phi) is 7.67. The van der Waals surface area contributed by atoms with Gasteiger partial charge in [-0.05, 0) is 53.9 Å². The van der Waals surface area contributed by atoms with E-state index in [1.807, 2.05) is 61.8 Å². The summed E-state index contributed by atoms with van der Waals surface area (Å²) in [5.74, 6) is 0.0730. The van der Waals surface area contributed by atoms with Gasteiger partial charge in [-0.2, -0.15) is 5.10 Å². The van der Waals surface area contributed by atoms with Crippen LogP contribution in [0, 0.1) is 0 Å². The molecule has 0 aliphatic heterocycles. The van der Waals surface area contributed by atoms with Gasteiger partial charge in [0.2, 0.25) is 0 Å². The van der Waals surface area contributed by atoms with Gasteiger partial charge in [0, 0.05) is 53.7 Å². The molecule has 5 rings (SSSR count).